The molecule has 1 atom stereocenters. The van der Waals surface area contributed by atoms with E-state index in [-0.39, 0.29) is 17.3 Å². The summed E-state index contributed by atoms with van der Waals surface area (Å²) in [6, 6.07) is 7.49. The van der Waals surface area contributed by atoms with Gasteiger partial charge in [-0.3, -0.25) is 14.5 Å². The highest BCUT2D eigenvalue weighted by atomic mass is 32.2. The summed E-state index contributed by atoms with van der Waals surface area (Å²) in [5.74, 6) is 0.556. The third-order valence-corrected chi connectivity index (χ3v) is 4.04. The first-order chi connectivity index (χ1) is 9.51. The molecule has 0 unspecified atom stereocenters. The normalized spacial score (nSPS) is 18.8. The van der Waals surface area contributed by atoms with E-state index in [9.17, 15) is 9.59 Å². The minimum atomic E-state index is -0.250. The average molecular weight is 291 g/mol. The lowest BCUT2D eigenvalue weighted by atomic mass is 10.2. The van der Waals surface area contributed by atoms with Gasteiger partial charge in [0.15, 0.2) is 0 Å². The molecular formula is C15H17NO3S. The summed E-state index contributed by atoms with van der Waals surface area (Å²) < 4.78 is 5.69. The number of likely N-dealkylation sites (N-methyl/N-ethyl adjacent to an activating group) is 1. The molecule has 0 bridgehead atoms. The molecule has 2 rings (SSSR count). The molecule has 1 aliphatic heterocycles. The minimum Gasteiger partial charge on any atom is -0.491 e. The summed E-state index contributed by atoms with van der Waals surface area (Å²) in [5.41, 5.74) is 0.875. The number of nitrogens with zero attached hydrogens (tertiary/aromatic N) is 1. The Balaban J connectivity index is 2.11. The molecule has 0 spiro atoms. The predicted molar refractivity (Wildman–Crippen MR) is 80.6 cm³/mol. The van der Waals surface area contributed by atoms with Gasteiger partial charge in [0.05, 0.1) is 11.0 Å². The van der Waals surface area contributed by atoms with Crippen molar-refractivity contribution in [2.24, 2.45) is 0 Å². The Hall–Kier alpha value is -1.75. The average Bonchev–Trinajstić information content (AvgIpc) is 2.68. The second-order valence-electron chi connectivity index (χ2n) is 4.65. The highest BCUT2D eigenvalue weighted by Gasteiger charge is 2.31. The van der Waals surface area contributed by atoms with E-state index in [1.54, 1.807) is 6.08 Å². The molecule has 1 fully saturated rings. The zero-order valence-corrected chi connectivity index (χ0v) is 12.6. The van der Waals surface area contributed by atoms with E-state index < -0.39 is 0 Å². The fraction of sp³-hybridized carbons (Fsp3) is 0.333. The number of amides is 2. The molecule has 1 aromatic carbocycles. The number of imide groups is 1. The molecule has 5 heteroatoms. The Labute approximate surface area is 122 Å². The number of thioether (sulfide) groups is 1. The smallest absolute Gasteiger partial charge is 0.293 e. The molecule has 0 aromatic heterocycles. The second-order valence-corrected chi connectivity index (χ2v) is 5.64. The van der Waals surface area contributed by atoms with Crippen molar-refractivity contribution < 1.29 is 14.3 Å². The van der Waals surface area contributed by atoms with Crippen LogP contribution in [0, 0.1) is 0 Å². The fourth-order valence-electron chi connectivity index (χ4n) is 1.66. The third kappa shape index (κ3) is 3.22. The van der Waals surface area contributed by atoms with Gasteiger partial charge < -0.3 is 4.74 Å². The van der Waals surface area contributed by atoms with Crippen LogP contribution in [-0.4, -0.2) is 29.2 Å². The van der Waals surface area contributed by atoms with E-state index in [1.807, 2.05) is 31.2 Å². The van der Waals surface area contributed by atoms with Crippen LogP contribution >= 0.6 is 11.8 Å². The fourth-order valence-corrected chi connectivity index (χ4v) is 2.48. The van der Waals surface area contributed by atoms with Gasteiger partial charge in [-0.1, -0.05) is 19.1 Å². The quantitative estimate of drug-likeness (QED) is 0.796. The molecule has 0 radical (unpaired) electrons. The first-order valence-electron chi connectivity index (χ1n) is 6.49. The first-order valence-corrected chi connectivity index (χ1v) is 7.31. The molecule has 0 N–H and O–H groups in total. The van der Waals surface area contributed by atoms with Crippen molar-refractivity contribution in [1.29, 1.82) is 0 Å². The minimum absolute atomic E-state index is 0.178. The monoisotopic (exact) mass is 291 g/mol. The summed E-state index contributed by atoms with van der Waals surface area (Å²) >= 11 is 0.962. The molecule has 1 aromatic rings. The van der Waals surface area contributed by atoms with E-state index in [0.29, 0.717) is 4.91 Å². The topological polar surface area (TPSA) is 46.6 Å². The molecule has 1 heterocycles. The number of hydrogen-bond donors (Lipinski definition) is 0. The van der Waals surface area contributed by atoms with Crippen LogP contribution in [0.1, 0.15) is 25.8 Å². The van der Waals surface area contributed by atoms with Crippen molar-refractivity contribution in [2.45, 2.75) is 26.4 Å². The molecule has 2 amide bonds. The lowest BCUT2D eigenvalue weighted by molar-refractivity contribution is -0.121. The van der Waals surface area contributed by atoms with Crippen LogP contribution in [0.5, 0.6) is 5.75 Å². The maximum Gasteiger partial charge on any atom is 0.293 e. The number of rotatable bonds is 4. The molecule has 0 saturated carbocycles. The Morgan fingerprint density at radius 2 is 1.95 bits per heavy atom. The van der Waals surface area contributed by atoms with E-state index in [0.717, 1.165) is 34.4 Å². The van der Waals surface area contributed by atoms with Crippen LogP contribution in [0.4, 0.5) is 4.79 Å². The SMILES string of the molecule is CC[C@H](C)Oc1ccc(/C=C2\SC(=O)N(C)C2=O)cc1. The van der Waals surface area contributed by atoms with Crippen LogP contribution in [0.3, 0.4) is 0 Å². The van der Waals surface area contributed by atoms with Crippen molar-refractivity contribution >= 4 is 29.0 Å². The molecule has 1 saturated heterocycles. The number of hydrogen-bond acceptors (Lipinski definition) is 4. The van der Waals surface area contributed by atoms with Gasteiger partial charge in [0.2, 0.25) is 0 Å². The van der Waals surface area contributed by atoms with Crippen molar-refractivity contribution in [1.82, 2.24) is 4.90 Å². The van der Waals surface area contributed by atoms with E-state index in [2.05, 4.69) is 6.92 Å². The summed E-state index contributed by atoms with van der Waals surface area (Å²) in [4.78, 5) is 24.7. The van der Waals surface area contributed by atoms with Crippen LogP contribution in [-0.2, 0) is 4.79 Å². The van der Waals surface area contributed by atoms with Gasteiger partial charge in [0.1, 0.15) is 5.75 Å². The Morgan fingerprint density at radius 1 is 1.30 bits per heavy atom. The lowest BCUT2D eigenvalue weighted by Gasteiger charge is -2.12. The van der Waals surface area contributed by atoms with E-state index >= 15 is 0 Å². The zero-order chi connectivity index (χ0) is 14.7. The Kier molecular flexibility index (Phi) is 4.49. The van der Waals surface area contributed by atoms with Crippen LogP contribution in [0.25, 0.3) is 6.08 Å². The summed E-state index contributed by atoms with van der Waals surface area (Å²) in [7, 11) is 1.49. The summed E-state index contributed by atoms with van der Waals surface area (Å²) in [6.07, 6.45) is 2.85. The van der Waals surface area contributed by atoms with Crippen molar-refractivity contribution in [2.75, 3.05) is 7.05 Å². The van der Waals surface area contributed by atoms with Gasteiger partial charge in [-0.15, -0.1) is 0 Å². The van der Waals surface area contributed by atoms with Crippen LogP contribution in [0.2, 0.25) is 0 Å². The van der Waals surface area contributed by atoms with Crippen LogP contribution in [0.15, 0.2) is 29.2 Å². The molecular weight excluding hydrogens is 274 g/mol. The second kappa shape index (κ2) is 6.13. The molecule has 0 aliphatic carbocycles. The van der Waals surface area contributed by atoms with Gasteiger partial charge in [-0.25, -0.2) is 0 Å². The maximum absolute atomic E-state index is 11.8. The van der Waals surface area contributed by atoms with Gasteiger partial charge in [-0.05, 0) is 48.9 Å². The molecule has 1 aliphatic rings. The summed E-state index contributed by atoms with van der Waals surface area (Å²) in [6.45, 7) is 4.09. The van der Waals surface area contributed by atoms with Crippen molar-refractivity contribution in [3.05, 3.63) is 34.7 Å². The molecule has 20 heavy (non-hydrogen) atoms. The standard InChI is InChI=1S/C15H17NO3S/c1-4-10(2)19-12-7-5-11(6-8-12)9-13-14(17)16(3)15(18)20-13/h5-10H,4H2,1-3H3/b13-9-/t10-/m0/s1. The van der Waals surface area contributed by atoms with Gasteiger partial charge in [-0.2, -0.15) is 0 Å². The lowest BCUT2D eigenvalue weighted by Crippen LogP contribution is -2.22. The number of ether oxygens (including phenoxy) is 1. The first kappa shape index (κ1) is 14.7. The third-order valence-electron chi connectivity index (χ3n) is 3.08. The van der Waals surface area contributed by atoms with Crippen molar-refractivity contribution in [3.8, 4) is 5.75 Å². The zero-order valence-electron chi connectivity index (χ0n) is 11.8. The highest BCUT2D eigenvalue weighted by molar-refractivity contribution is 8.18. The predicted octanol–water partition coefficient (Wildman–Crippen LogP) is 3.53. The number of carbonyl (C=O) groups is 2. The van der Waals surface area contributed by atoms with Crippen molar-refractivity contribution in [3.63, 3.8) is 0 Å². The van der Waals surface area contributed by atoms with Crippen LogP contribution < -0.4 is 4.74 Å². The largest absolute Gasteiger partial charge is 0.491 e. The Morgan fingerprint density at radius 3 is 2.45 bits per heavy atom. The number of carbonyl (C=O) groups excluding carboxylic acids is 2. The summed E-state index contributed by atoms with van der Waals surface area (Å²) in [5, 5.41) is -0.238. The van der Waals surface area contributed by atoms with E-state index in [4.69, 9.17) is 4.74 Å². The van der Waals surface area contributed by atoms with Gasteiger partial charge >= 0.3 is 0 Å². The number of benzene rings is 1. The maximum atomic E-state index is 11.8. The Bertz CT molecular complexity index is 551. The van der Waals surface area contributed by atoms with Gasteiger partial charge in [0.25, 0.3) is 11.1 Å². The highest BCUT2D eigenvalue weighted by Crippen LogP contribution is 2.31. The van der Waals surface area contributed by atoms with E-state index in [1.165, 1.54) is 7.05 Å². The molecule has 106 valence electrons. The van der Waals surface area contributed by atoms with Gasteiger partial charge in [0, 0.05) is 7.05 Å². The molecule has 4 nitrogen and oxygen atoms in total.